The van der Waals surface area contributed by atoms with Gasteiger partial charge in [0.2, 0.25) is 10.0 Å². The molecule has 96 valence electrons. The van der Waals surface area contributed by atoms with Crippen LogP contribution in [0.4, 0.5) is 0 Å². The quantitative estimate of drug-likeness (QED) is 0.890. The van der Waals surface area contributed by atoms with E-state index in [2.05, 4.69) is 20.7 Å². The summed E-state index contributed by atoms with van der Waals surface area (Å²) in [6.07, 6.45) is 0. The Bertz CT molecular complexity index is 491. The van der Waals surface area contributed by atoms with Gasteiger partial charge in [0.05, 0.1) is 9.92 Å². The summed E-state index contributed by atoms with van der Waals surface area (Å²) in [5.41, 5.74) is 0. The molecule has 0 aromatic heterocycles. The van der Waals surface area contributed by atoms with Gasteiger partial charge in [-0.3, -0.25) is 0 Å². The van der Waals surface area contributed by atoms with Crippen molar-refractivity contribution in [1.29, 1.82) is 0 Å². The molecular formula is C10H14BrClN2O2S. The van der Waals surface area contributed by atoms with Crippen LogP contribution >= 0.6 is 27.5 Å². The van der Waals surface area contributed by atoms with Crippen LogP contribution in [-0.4, -0.2) is 40.5 Å². The van der Waals surface area contributed by atoms with Gasteiger partial charge in [-0.1, -0.05) is 11.6 Å². The Balaban J connectivity index is 2.79. The van der Waals surface area contributed by atoms with Crippen molar-refractivity contribution in [3.05, 3.63) is 27.7 Å². The molecule has 1 rings (SSSR count). The Morgan fingerprint density at radius 1 is 1.41 bits per heavy atom. The van der Waals surface area contributed by atoms with Gasteiger partial charge < -0.3 is 4.90 Å². The van der Waals surface area contributed by atoms with E-state index in [0.717, 1.165) is 0 Å². The van der Waals surface area contributed by atoms with Crippen LogP contribution in [0.3, 0.4) is 0 Å². The number of halogens is 2. The number of sulfonamides is 1. The smallest absolute Gasteiger partial charge is 0.240 e. The number of nitrogens with one attached hydrogen (secondary N) is 1. The first kappa shape index (κ1) is 14.9. The van der Waals surface area contributed by atoms with E-state index in [-0.39, 0.29) is 4.90 Å². The van der Waals surface area contributed by atoms with Crippen molar-refractivity contribution in [1.82, 2.24) is 9.62 Å². The van der Waals surface area contributed by atoms with Gasteiger partial charge in [0, 0.05) is 17.6 Å². The number of benzene rings is 1. The van der Waals surface area contributed by atoms with Crippen molar-refractivity contribution in [3.63, 3.8) is 0 Å². The van der Waals surface area contributed by atoms with Crippen molar-refractivity contribution in [2.45, 2.75) is 4.90 Å². The Kier molecular flexibility index (Phi) is 5.40. The molecule has 4 nitrogen and oxygen atoms in total. The molecule has 0 aliphatic rings. The zero-order valence-electron chi connectivity index (χ0n) is 9.57. The van der Waals surface area contributed by atoms with E-state index in [1.54, 1.807) is 6.07 Å². The third-order valence-electron chi connectivity index (χ3n) is 2.05. The topological polar surface area (TPSA) is 49.4 Å². The fourth-order valence-corrected chi connectivity index (χ4v) is 2.83. The summed E-state index contributed by atoms with van der Waals surface area (Å²) in [5.74, 6) is 0. The summed E-state index contributed by atoms with van der Waals surface area (Å²) < 4.78 is 26.9. The number of nitrogens with zero attached hydrogens (tertiary/aromatic N) is 1. The van der Waals surface area contributed by atoms with Gasteiger partial charge in [0.1, 0.15) is 0 Å². The first-order chi connectivity index (χ1) is 7.83. The first-order valence-corrected chi connectivity index (χ1v) is 7.58. The minimum absolute atomic E-state index is 0.201. The molecule has 1 aromatic rings. The van der Waals surface area contributed by atoms with Gasteiger partial charge in [0.25, 0.3) is 0 Å². The van der Waals surface area contributed by atoms with Gasteiger partial charge in [0.15, 0.2) is 0 Å². The molecule has 1 aromatic carbocycles. The molecule has 17 heavy (non-hydrogen) atoms. The van der Waals surface area contributed by atoms with Crippen molar-refractivity contribution >= 4 is 37.6 Å². The largest absolute Gasteiger partial charge is 0.308 e. The lowest BCUT2D eigenvalue weighted by Gasteiger charge is -2.11. The molecule has 0 atom stereocenters. The van der Waals surface area contributed by atoms with E-state index in [9.17, 15) is 8.42 Å². The molecule has 0 unspecified atom stereocenters. The van der Waals surface area contributed by atoms with Gasteiger partial charge in [-0.05, 0) is 48.2 Å². The highest BCUT2D eigenvalue weighted by molar-refractivity contribution is 9.10. The predicted octanol–water partition coefficient (Wildman–Crippen LogP) is 1.94. The molecule has 0 radical (unpaired) electrons. The van der Waals surface area contributed by atoms with Crippen LogP contribution in [0.2, 0.25) is 5.02 Å². The average molecular weight is 342 g/mol. The van der Waals surface area contributed by atoms with E-state index < -0.39 is 10.0 Å². The van der Waals surface area contributed by atoms with Crippen LogP contribution < -0.4 is 4.72 Å². The van der Waals surface area contributed by atoms with Crippen LogP contribution in [0.15, 0.2) is 27.6 Å². The van der Waals surface area contributed by atoms with Crippen LogP contribution in [0.25, 0.3) is 0 Å². The molecule has 1 N–H and O–H groups in total. The van der Waals surface area contributed by atoms with E-state index in [0.29, 0.717) is 22.6 Å². The maximum Gasteiger partial charge on any atom is 0.240 e. The fourth-order valence-electron chi connectivity index (χ4n) is 1.13. The van der Waals surface area contributed by atoms with Crippen molar-refractivity contribution in [3.8, 4) is 0 Å². The molecule has 0 aliphatic carbocycles. The van der Waals surface area contributed by atoms with Gasteiger partial charge in [-0.2, -0.15) is 0 Å². The lowest BCUT2D eigenvalue weighted by atomic mass is 10.4. The average Bonchev–Trinajstić information content (AvgIpc) is 2.21. The van der Waals surface area contributed by atoms with Crippen molar-refractivity contribution in [2.24, 2.45) is 0 Å². The molecule has 0 bridgehead atoms. The summed E-state index contributed by atoms with van der Waals surface area (Å²) in [5, 5.41) is 0.484. The van der Waals surface area contributed by atoms with Crippen LogP contribution in [0.5, 0.6) is 0 Å². The van der Waals surface area contributed by atoms with Crippen LogP contribution in [0.1, 0.15) is 0 Å². The molecule has 0 spiro atoms. The number of rotatable bonds is 5. The maximum atomic E-state index is 11.9. The molecule has 0 saturated heterocycles. The Morgan fingerprint density at radius 2 is 2.06 bits per heavy atom. The molecule has 0 saturated carbocycles. The summed E-state index contributed by atoms with van der Waals surface area (Å²) in [6.45, 7) is 1.02. The summed E-state index contributed by atoms with van der Waals surface area (Å²) in [4.78, 5) is 2.10. The highest BCUT2D eigenvalue weighted by Crippen LogP contribution is 2.25. The minimum Gasteiger partial charge on any atom is -0.308 e. The zero-order valence-corrected chi connectivity index (χ0v) is 12.7. The Morgan fingerprint density at radius 3 is 2.59 bits per heavy atom. The standard InChI is InChI=1S/C10H14BrClN2O2S/c1-14(2)6-5-13-17(15,16)8-3-4-10(12)9(11)7-8/h3-4,7,13H,5-6H2,1-2H3. The minimum atomic E-state index is -3.46. The van der Waals surface area contributed by atoms with Gasteiger partial charge >= 0.3 is 0 Å². The number of hydrogen-bond donors (Lipinski definition) is 1. The van der Waals surface area contributed by atoms with E-state index >= 15 is 0 Å². The van der Waals surface area contributed by atoms with Crippen LogP contribution in [0, 0.1) is 0 Å². The summed E-state index contributed by atoms with van der Waals surface area (Å²) in [6, 6.07) is 4.51. The highest BCUT2D eigenvalue weighted by atomic mass is 79.9. The van der Waals surface area contributed by atoms with Crippen molar-refractivity contribution in [2.75, 3.05) is 27.2 Å². The fraction of sp³-hybridized carbons (Fsp3) is 0.400. The number of likely N-dealkylation sites (N-methyl/N-ethyl adjacent to an activating group) is 1. The van der Waals surface area contributed by atoms with E-state index in [4.69, 9.17) is 11.6 Å². The Labute approximate surface area is 115 Å². The predicted molar refractivity (Wildman–Crippen MR) is 72.9 cm³/mol. The second-order valence-corrected chi connectivity index (χ2v) is 6.81. The van der Waals surface area contributed by atoms with E-state index in [1.807, 2.05) is 19.0 Å². The lowest BCUT2D eigenvalue weighted by Crippen LogP contribution is -2.31. The lowest BCUT2D eigenvalue weighted by molar-refractivity contribution is 0.412. The number of hydrogen-bond acceptors (Lipinski definition) is 3. The molecule has 0 amide bonds. The van der Waals surface area contributed by atoms with Gasteiger partial charge in [-0.25, -0.2) is 13.1 Å². The molecule has 0 heterocycles. The second kappa shape index (κ2) is 6.15. The second-order valence-electron chi connectivity index (χ2n) is 3.78. The SMILES string of the molecule is CN(C)CCNS(=O)(=O)c1ccc(Cl)c(Br)c1. The van der Waals surface area contributed by atoms with E-state index in [1.165, 1.54) is 12.1 Å². The highest BCUT2D eigenvalue weighted by Gasteiger charge is 2.14. The molecular weight excluding hydrogens is 328 g/mol. The van der Waals surface area contributed by atoms with Gasteiger partial charge in [-0.15, -0.1) is 0 Å². The van der Waals surface area contributed by atoms with Crippen LogP contribution in [-0.2, 0) is 10.0 Å². The summed E-state index contributed by atoms with van der Waals surface area (Å²) >= 11 is 9.01. The monoisotopic (exact) mass is 340 g/mol. The zero-order chi connectivity index (χ0) is 13.1. The Hall–Kier alpha value is -0.140. The molecule has 0 aliphatic heterocycles. The first-order valence-electron chi connectivity index (χ1n) is 4.92. The van der Waals surface area contributed by atoms with Crippen molar-refractivity contribution < 1.29 is 8.42 Å². The third kappa shape index (κ3) is 4.56. The molecule has 0 fully saturated rings. The summed E-state index contributed by atoms with van der Waals surface area (Å²) in [7, 11) is 0.304. The normalized spacial score (nSPS) is 12.1. The maximum absolute atomic E-state index is 11.9. The molecule has 7 heteroatoms. The third-order valence-corrected chi connectivity index (χ3v) is 4.73.